The smallest absolute Gasteiger partial charge is 0.0577 e. The van der Waals surface area contributed by atoms with E-state index >= 15 is 0 Å². The van der Waals surface area contributed by atoms with E-state index in [0.29, 0.717) is 16.7 Å². The molecule has 4 aliphatic carbocycles. The first-order chi connectivity index (χ1) is 14.2. The standard InChI is InChI=1S/C29H48O/c1-7-21(19(2)3)9-8-20(4)25-12-13-26-24-11-10-22-18-23(30)14-16-28(22,5)27(24)15-17-29(25,26)6/h8-10,19-21,23-27,30H,7,11-18H2,1-6H3/b9-8+/t20?,21?,23-,24?,25?,26?,27?,28?,29?/m0/s1. The molecule has 170 valence electrons. The average Bonchev–Trinajstić information content (AvgIpc) is 3.06. The zero-order chi connectivity index (χ0) is 21.7. The van der Waals surface area contributed by atoms with Gasteiger partial charge < -0.3 is 5.11 Å². The third-order valence-electron chi connectivity index (χ3n) is 10.8. The van der Waals surface area contributed by atoms with Crippen LogP contribution in [0.5, 0.6) is 0 Å². The number of rotatable bonds is 5. The molecule has 0 spiro atoms. The summed E-state index contributed by atoms with van der Waals surface area (Å²) in [6.45, 7) is 14.8. The number of aliphatic hydroxyl groups excluding tert-OH is 1. The van der Waals surface area contributed by atoms with Crippen molar-refractivity contribution in [3.8, 4) is 0 Å². The first kappa shape index (κ1) is 22.6. The second-order valence-electron chi connectivity index (χ2n) is 12.4. The van der Waals surface area contributed by atoms with Gasteiger partial charge in [-0.25, -0.2) is 0 Å². The van der Waals surface area contributed by atoms with Crippen molar-refractivity contribution in [2.75, 3.05) is 0 Å². The molecule has 0 aromatic rings. The van der Waals surface area contributed by atoms with Crippen LogP contribution in [0.25, 0.3) is 0 Å². The fourth-order valence-corrected chi connectivity index (χ4v) is 8.83. The van der Waals surface area contributed by atoms with Crippen LogP contribution in [0.4, 0.5) is 0 Å². The molecular weight excluding hydrogens is 364 g/mol. The topological polar surface area (TPSA) is 20.2 Å². The largest absolute Gasteiger partial charge is 0.393 e. The average molecular weight is 413 g/mol. The normalized spacial score (nSPS) is 45.6. The lowest BCUT2D eigenvalue weighted by Gasteiger charge is -2.58. The van der Waals surface area contributed by atoms with Crippen molar-refractivity contribution < 1.29 is 5.11 Å². The Hall–Kier alpha value is -0.560. The molecular formula is C29H48O. The molecule has 4 aliphatic rings. The van der Waals surface area contributed by atoms with Gasteiger partial charge in [-0.2, -0.15) is 0 Å². The van der Waals surface area contributed by atoms with Crippen molar-refractivity contribution in [1.82, 2.24) is 0 Å². The molecule has 0 radical (unpaired) electrons. The summed E-state index contributed by atoms with van der Waals surface area (Å²) in [5.74, 6) is 5.70. The Bertz CT molecular complexity index is 674. The molecule has 0 bridgehead atoms. The zero-order valence-electron chi connectivity index (χ0n) is 20.7. The summed E-state index contributed by atoms with van der Waals surface area (Å²) in [4.78, 5) is 0. The maximum absolute atomic E-state index is 10.2. The van der Waals surface area contributed by atoms with Gasteiger partial charge in [-0.15, -0.1) is 0 Å². The summed E-state index contributed by atoms with van der Waals surface area (Å²) >= 11 is 0. The lowest BCUT2D eigenvalue weighted by molar-refractivity contribution is -0.0540. The zero-order valence-corrected chi connectivity index (χ0v) is 20.7. The molecule has 0 saturated heterocycles. The summed E-state index contributed by atoms with van der Waals surface area (Å²) in [5.41, 5.74) is 2.51. The third-order valence-corrected chi connectivity index (χ3v) is 10.8. The fraction of sp³-hybridized carbons (Fsp3) is 0.862. The van der Waals surface area contributed by atoms with Crippen molar-refractivity contribution >= 4 is 0 Å². The van der Waals surface area contributed by atoms with Crippen LogP contribution in [-0.2, 0) is 0 Å². The van der Waals surface area contributed by atoms with Gasteiger partial charge in [0, 0.05) is 0 Å². The summed E-state index contributed by atoms with van der Waals surface area (Å²) in [6.07, 6.45) is 19.1. The molecule has 0 aliphatic heterocycles. The van der Waals surface area contributed by atoms with E-state index in [1.54, 1.807) is 5.57 Å². The molecule has 1 nitrogen and oxygen atoms in total. The van der Waals surface area contributed by atoms with Crippen LogP contribution in [0.3, 0.4) is 0 Å². The molecule has 1 N–H and O–H groups in total. The highest BCUT2D eigenvalue weighted by Gasteiger charge is 2.58. The third kappa shape index (κ3) is 3.66. The van der Waals surface area contributed by atoms with E-state index in [9.17, 15) is 5.11 Å². The van der Waals surface area contributed by atoms with Gasteiger partial charge >= 0.3 is 0 Å². The van der Waals surface area contributed by atoms with Gasteiger partial charge in [0.1, 0.15) is 0 Å². The number of hydrogen-bond donors (Lipinski definition) is 1. The van der Waals surface area contributed by atoms with Gasteiger partial charge in [-0.05, 0) is 110 Å². The van der Waals surface area contributed by atoms with Gasteiger partial charge in [0.2, 0.25) is 0 Å². The molecule has 9 atom stereocenters. The summed E-state index contributed by atoms with van der Waals surface area (Å²) < 4.78 is 0. The first-order valence-electron chi connectivity index (χ1n) is 13.3. The Kier molecular flexibility index (Phi) is 6.35. The van der Waals surface area contributed by atoms with E-state index in [1.807, 2.05) is 0 Å². The van der Waals surface area contributed by atoms with E-state index in [1.165, 1.54) is 44.9 Å². The number of aliphatic hydroxyl groups is 1. The van der Waals surface area contributed by atoms with Crippen LogP contribution in [-0.4, -0.2) is 11.2 Å². The van der Waals surface area contributed by atoms with Gasteiger partial charge in [0.15, 0.2) is 0 Å². The second kappa shape index (κ2) is 8.42. The first-order valence-corrected chi connectivity index (χ1v) is 13.3. The molecule has 4 rings (SSSR count). The van der Waals surface area contributed by atoms with Gasteiger partial charge in [0.25, 0.3) is 0 Å². The minimum atomic E-state index is -0.0870. The van der Waals surface area contributed by atoms with Crippen molar-refractivity contribution in [3.05, 3.63) is 23.8 Å². The van der Waals surface area contributed by atoms with E-state index < -0.39 is 0 Å². The van der Waals surface area contributed by atoms with Crippen LogP contribution in [0.1, 0.15) is 99.3 Å². The molecule has 0 aromatic carbocycles. The van der Waals surface area contributed by atoms with E-state index in [4.69, 9.17) is 0 Å². The summed E-state index contributed by atoms with van der Waals surface area (Å²) in [7, 11) is 0. The Morgan fingerprint density at radius 3 is 2.50 bits per heavy atom. The predicted molar refractivity (Wildman–Crippen MR) is 128 cm³/mol. The maximum Gasteiger partial charge on any atom is 0.0577 e. The maximum atomic E-state index is 10.2. The van der Waals surface area contributed by atoms with Crippen molar-refractivity contribution in [2.24, 2.45) is 52.3 Å². The summed E-state index contributed by atoms with van der Waals surface area (Å²) in [5, 5.41) is 10.2. The Morgan fingerprint density at radius 1 is 1.03 bits per heavy atom. The number of fused-ring (bicyclic) bond motifs is 5. The van der Waals surface area contributed by atoms with Gasteiger partial charge in [-0.3, -0.25) is 0 Å². The molecule has 3 saturated carbocycles. The summed E-state index contributed by atoms with van der Waals surface area (Å²) in [6, 6.07) is 0. The Morgan fingerprint density at radius 2 is 1.80 bits per heavy atom. The van der Waals surface area contributed by atoms with Crippen LogP contribution in [0, 0.1) is 52.3 Å². The van der Waals surface area contributed by atoms with Crippen LogP contribution in [0.15, 0.2) is 23.8 Å². The van der Waals surface area contributed by atoms with Gasteiger partial charge in [0.05, 0.1) is 6.10 Å². The van der Waals surface area contributed by atoms with E-state index in [2.05, 4.69) is 59.8 Å². The van der Waals surface area contributed by atoms with Crippen LogP contribution >= 0.6 is 0 Å². The van der Waals surface area contributed by atoms with Crippen LogP contribution < -0.4 is 0 Å². The molecule has 8 unspecified atom stereocenters. The van der Waals surface area contributed by atoms with Crippen LogP contribution in [0.2, 0.25) is 0 Å². The predicted octanol–water partition coefficient (Wildman–Crippen LogP) is 7.80. The lowest BCUT2D eigenvalue weighted by Crippen LogP contribution is -2.50. The molecule has 0 amide bonds. The quantitative estimate of drug-likeness (QED) is 0.457. The molecule has 1 heteroatoms. The fourth-order valence-electron chi connectivity index (χ4n) is 8.83. The number of allylic oxidation sites excluding steroid dienone is 3. The van der Waals surface area contributed by atoms with Gasteiger partial charge in [-0.1, -0.05) is 65.3 Å². The molecule has 0 aromatic heterocycles. The monoisotopic (exact) mass is 412 g/mol. The molecule has 0 heterocycles. The Balaban J connectivity index is 1.52. The highest BCUT2D eigenvalue weighted by atomic mass is 16.3. The Labute approximate surface area is 186 Å². The minimum absolute atomic E-state index is 0.0870. The van der Waals surface area contributed by atoms with Crippen molar-refractivity contribution in [3.63, 3.8) is 0 Å². The van der Waals surface area contributed by atoms with Crippen molar-refractivity contribution in [2.45, 2.75) is 105 Å². The highest BCUT2D eigenvalue weighted by Crippen LogP contribution is 2.67. The van der Waals surface area contributed by atoms with Crippen molar-refractivity contribution in [1.29, 1.82) is 0 Å². The number of hydrogen-bond acceptors (Lipinski definition) is 1. The lowest BCUT2D eigenvalue weighted by atomic mass is 9.47. The van der Waals surface area contributed by atoms with E-state index in [0.717, 1.165) is 48.3 Å². The highest BCUT2D eigenvalue weighted by molar-refractivity contribution is 5.25. The second-order valence-corrected chi connectivity index (χ2v) is 12.4. The minimum Gasteiger partial charge on any atom is -0.393 e. The SMILES string of the molecule is CCC(/C=C/C(C)C1CCC2C3CC=C4C[C@@H](O)CCC4(C)C3CCC12C)C(C)C. The van der Waals surface area contributed by atoms with E-state index in [-0.39, 0.29) is 6.10 Å². The molecule has 3 fully saturated rings. The molecule has 30 heavy (non-hydrogen) atoms.